The first-order valence-electron chi connectivity index (χ1n) is 7.66. The molecule has 0 amide bonds. The molecule has 0 aliphatic carbocycles. The zero-order valence-corrected chi connectivity index (χ0v) is 12.5. The molecule has 0 bridgehead atoms. The lowest BCUT2D eigenvalue weighted by Gasteiger charge is -2.08. The molecular formula is C17H28O2. The maximum atomic E-state index is 9.69. The van der Waals surface area contributed by atoms with Crippen molar-refractivity contribution in [2.75, 3.05) is 6.61 Å². The highest BCUT2D eigenvalue weighted by Gasteiger charge is 2.01. The number of benzene rings is 1. The highest BCUT2D eigenvalue weighted by Crippen LogP contribution is 2.26. The van der Waals surface area contributed by atoms with Gasteiger partial charge in [0.25, 0.3) is 0 Å². The van der Waals surface area contributed by atoms with Crippen molar-refractivity contribution in [3.63, 3.8) is 0 Å². The fourth-order valence-electron chi connectivity index (χ4n) is 2.17. The van der Waals surface area contributed by atoms with E-state index in [2.05, 4.69) is 6.92 Å². The quantitative estimate of drug-likeness (QED) is 0.587. The largest absolute Gasteiger partial charge is 0.504 e. The van der Waals surface area contributed by atoms with Crippen LogP contribution >= 0.6 is 0 Å². The molecule has 0 spiro atoms. The minimum absolute atomic E-state index is 0.250. The molecule has 2 heteroatoms. The molecule has 108 valence electrons. The minimum atomic E-state index is 0.250. The molecule has 0 aliphatic heterocycles. The van der Waals surface area contributed by atoms with Crippen LogP contribution in [-0.2, 0) is 0 Å². The molecule has 1 aromatic rings. The summed E-state index contributed by atoms with van der Waals surface area (Å²) in [5.74, 6) is 0.855. The van der Waals surface area contributed by atoms with Gasteiger partial charge in [-0.1, -0.05) is 57.9 Å². The average Bonchev–Trinajstić information content (AvgIpc) is 2.39. The number of phenols is 1. The van der Waals surface area contributed by atoms with Crippen molar-refractivity contribution < 1.29 is 9.84 Å². The molecule has 1 N–H and O–H groups in total. The van der Waals surface area contributed by atoms with Crippen LogP contribution in [0, 0.1) is 6.92 Å². The van der Waals surface area contributed by atoms with Crippen LogP contribution in [-0.4, -0.2) is 11.7 Å². The zero-order valence-electron chi connectivity index (χ0n) is 12.5. The molecule has 1 rings (SSSR count). The molecule has 0 radical (unpaired) electrons. The Morgan fingerprint density at radius 2 is 1.58 bits per heavy atom. The van der Waals surface area contributed by atoms with Gasteiger partial charge in [0, 0.05) is 0 Å². The number of hydrogen-bond acceptors (Lipinski definition) is 2. The van der Waals surface area contributed by atoms with E-state index in [1.165, 1.54) is 44.9 Å². The third kappa shape index (κ3) is 7.09. The van der Waals surface area contributed by atoms with Crippen molar-refractivity contribution >= 4 is 0 Å². The maximum Gasteiger partial charge on any atom is 0.160 e. The summed E-state index contributed by atoms with van der Waals surface area (Å²) in [4.78, 5) is 0. The minimum Gasteiger partial charge on any atom is -0.504 e. The smallest absolute Gasteiger partial charge is 0.160 e. The van der Waals surface area contributed by atoms with Gasteiger partial charge in [-0.05, 0) is 31.0 Å². The van der Waals surface area contributed by atoms with Crippen LogP contribution in [0.25, 0.3) is 0 Å². The second kappa shape index (κ2) is 9.71. The van der Waals surface area contributed by atoms with Crippen molar-refractivity contribution in [2.45, 2.75) is 65.2 Å². The summed E-state index contributed by atoms with van der Waals surface area (Å²) in [7, 11) is 0. The first-order chi connectivity index (χ1) is 9.24. The molecule has 0 aliphatic rings. The van der Waals surface area contributed by atoms with Crippen LogP contribution in [0.3, 0.4) is 0 Å². The first-order valence-corrected chi connectivity index (χ1v) is 7.66. The Bertz CT molecular complexity index is 347. The first kappa shape index (κ1) is 15.9. The normalized spacial score (nSPS) is 10.6. The van der Waals surface area contributed by atoms with Crippen LogP contribution in [0.4, 0.5) is 0 Å². The summed E-state index contributed by atoms with van der Waals surface area (Å²) in [6.07, 6.45) is 10.4. The second-order valence-electron chi connectivity index (χ2n) is 5.29. The van der Waals surface area contributed by atoms with Gasteiger partial charge in [-0.25, -0.2) is 0 Å². The van der Waals surface area contributed by atoms with Gasteiger partial charge in [0.1, 0.15) is 0 Å². The van der Waals surface area contributed by atoms with E-state index in [-0.39, 0.29) is 5.75 Å². The monoisotopic (exact) mass is 264 g/mol. The second-order valence-corrected chi connectivity index (χ2v) is 5.29. The Morgan fingerprint density at radius 3 is 2.21 bits per heavy atom. The topological polar surface area (TPSA) is 29.5 Å². The standard InChI is InChI=1S/C17H28O2/c1-3-4-5-6-7-8-9-10-13-19-17-12-11-15(2)14-16(17)18/h11-12,14,18H,3-10,13H2,1-2H3. The molecular weight excluding hydrogens is 236 g/mol. The highest BCUT2D eigenvalue weighted by atomic mass is 16.5. The summed E-state index contributed by atoms with van der Waals surface area (Å²) in [5.41, 5.74) is 1.05. The molecule has 0 fully saturated rings. The fourth-order valence-corrected chi connectivity index (χ4v) is 2.17. The predicted molar refractivity (Wildman–Crippen MR) is 80.9 cm³/mol. The Kier molecular flexibility index (Phi) is 8.11. The van der Waals surface area contributed by atoms with E-state index in [0.717, 1.165) is 12.0 Å². The van der Waals surface area contributed by atoms with Gasteiger partial charge in [-0.15, -0.1) is 0 Å². The van der Waals surface area contributed by atoms with E-state index in [1.807, 2.05) is 19.1 Å². The van der Waals surface area contributed by atoms with Crippen LogP contribution in [0.15, 0.2) is 18.2 Å². The third-order valence-corrected chi connectivity index (χ3v) is 3.37. The van der Waals surface area contributed by atoms with E-state index < -0.39 is 0 Å². The van der Waals surface area contributed by atoms with Crippen molar-refractivity contribution in [1.29, 1.82) is 0 Å². The Morgan fingerprint density at radius 1 is 0.947 bits per heavy atom. The van der Waals surface area contributed by atoms with Crippen LogP contribution in [0.1, 0.15) is 63.9 Å². The Hall–Kier alpha value is -1.18. The predicted octanol–water partition coefficient (Wildman–Crippen LogP) is 5.22. The van der Waals surface area contributed by atoms with Gasteiger partial charge in [0.2, 0.25) is 0 Å². The van der Waals surface area contributed by atoms with Gasteiger partial charge in [0.15, 0.2) is 11.5 Å². The lowest BCUT2D eigenvalue weighted by molar-refractivity contribution is 0.288. The summed E-state index contributed by atoms with van der Waals surface area (Å²) in [6.45, 7) is 4.91. The molecule has 0 saturated heterocycles. The summed E-state index contributed by atoms with van der Waals surface area (Å²) >= 11 is 0. The van der Waals surface area contributed by atoms with Crippen molar-refractivity contribution in [3.05, 3.63) is 23.8 Å². The SMILES string of the molecule is CCCCCCCCCCOc1ccc(C)cc1O. The van der Waals surface area contributed by atoms with Crippen LogP contribution in [0.2, 0.25) is 0 Å². The van der Waals surface area contributed by atoms with E-state index in [0.29, 0.717) is 12.4 Å². The lowest BCUT2D eigenvalue weighted by atomic mass is 10.1. The van der Waals surface area contributed by atoms with Gasteiger partial charge in [0.05, 0.1) is 6.61 Å². The van der Waals surface area contributed by atoms with Gasteiger partial charge in [-0.3, -0.25) is 0 Å². The van der Waals surface area contributed by atoms with E-state index in [4.69, 9.17) is 4.74 Å². The van der Waals surface area contributed by atoms with Crippen molar-refractivity contribution in [2.24, 2.45) is 0 Å². The summed E-state index contributed by atoms with van der Waals surface area (Å²) in [5, 5.41) is 9.69. The average molecular weight is 264 g/mol. The summed E-state index contributed by atoms with van der Waals surface area (Å²) in [6, 6.07) is 5.54. The number of unbranched alkanes of at least 4 members (excludes halogenated alkanes) is 7. The number of aryl methyl sites for hydroxylation is 1. The van der Waals surface area contributed by atoms with Gasteiger partial charge < -0.3 is 9.84 Å². The summed E-state index contributed by atoms with van der Waals surface area (Å²) < 4.78 is 5.59. The van der Waals surface area contributed by atoms with E-state index in [1.54, 1.807) is 6.07 Å². The molecule has 0 unspecified atom stereocenters. The lowest BCUT2D eigenvalue weighted by Crippen LogP contribution is -1.97. The number of phenolic OH excluding ortho intramolecular Hbond substituents is 1. The molecule has 19 heavy (non-hydrogen) atoms. The van der Waals surface area contributed by atoms with Crippen molar-refractivity contribution in [3.8, 4) is 11.5 Å². The van der Waals surface area contributed by atoms with Crippen LogP contribution < -0.4 is 4.74 Å². The number of ether oxygens (including phenoxy) is 1. The number of rotatable bonds is 10. The van der Waals surface area contributed by atoms with Crippen molar-refractivity contribution in [1.82, 2.24) is 0 Å². The molecule has 1 aromatic carbocycles. The Labute approximate surface area is 117 Å². The van der Waals surface area contributed by atoms with E-state index in [9.17, 15) is 5.11 Å². The maximum absolute atomic E-state index is 9.69. The zero-order chi connectivity index (χ0) is 13.9. The highest BCUT2D eigenvalue weighted by molar-refractivity contribution is 5.41. The molecule has 0 heterocycles. The molecule has 2 nitrogen and oxygen atoms in total. The Balaban J connectivity index is 2.01. The molecule has 0 saturated carbocycles. The van der Waals surface area contributed by atoms with E-state index >= 15 is 0 Å². The van der Waals surface area contributed by atoms with Gasteiger partial charge in [-0.2, -0.15) is 0 Å². The third-order valence-electron chi connectivity index (χ3n) is 3.37. The number of hydrogen-bond donors (Lipinski definition) is 1. The molecule has 0 atom stereocenters. The van der Waals surface area contributed by atoms with Gasteiger partial charge >= 0.3 is 0 Å². The number of aromatic hydroxyl groups is 1. The fraction of sp³-hybridized carbons (Fsp3) is 0.647. The molecule has 0 aromatic heterocycles. The van der Waals surface area contributed by atoms with Crippen LogP contribution in [0.5, 0.6) is 11.5 Å².